The lowest BCUT2D eigenvalue weighted by molar-refractivity contribution is 0.0789. The molecule has 0 aliphatic rings. The van der Waals surface area contributed by atoms with Gasteiger partial charge in [0, 0.05) is 11.7 Å². The van der Waals surface area contributed by atoms with E-state index in [0.29, 0.717) is 6.54 Å². The normalized spacial score (nSPS) is 11.2. The molecule has 0 saturated carbocycles. The van der Waals surface area contributed by atoms with Crippen LogP contribution in [0.2, 0.25) is 0 Å². The largest absolute Gasteiger partial charge is 0.334 e. The second-order valence-electron chi connectivity index (χ2n) is 5.79. The standard InChI is InChI=1S/C19H16N2OS2/c1-12-13-7-3-5-9-15(13)24-18(12)19(22)21(2)11-17-20-14-8-4-6-10-16(14)23-17/h3-10H,11H2,1-2H3. The van der Waals surface area contributed by atoms with Crippen LogP contribution in [0, 0.1) is 6.92 Å². The van der Waals surface area contributed by atoms with Crippen molar-refractivity contribution < 1.29 is 4.79 Å². The summed E-state index contributed by atoms with van der Waals surface area (Å²) in [5, 5.41) is 2.13. The van der Waals surface area contributed by atoms with Gasteiger partial charge in [0.2, 0.25) is 0 Å². The minimum atomic E-state index is 0.0629. The molecule has 2 aromatic heterocycles. The Balaban J connectivity index is 1.62. The van der Waals surface area contributed by atoms with Gasteiger partial charge in [0.05, 0.1) is 21.6 Å². The molecule has 5 heteroatoms. The molecule has 0 aliphatic carbocycles. The smallest absolute Gasteiger partial charge is 0.264 e. The molecular weight excluding hydrogens is 336 g/mol. The van der Waals surface area contributed by atoms with Crippen molar-refractivity contribution in [3.05, 3.63) is 64.0 Å². The van der Waals surface area contributed by atoms with E-state index in [9.17, 15) is 4.79 Å². The Bertz CT molecular complexity index is 1010. The van der Waals surface area contributed by atoms with Crippen LogP contribution in [-0.2, 0) is 6.54 Å². The number of nitrogens with zero attached hydrogens (tertiary/aromatic N) is 2. The van der Waals surface area contributed by atoms with Crippen LogP contribution in [0.15, 0.2) is 48.5 Å². The average Bonchev–Trinajstić information content (AvgIpc) is 3.15. The number of hydrogen-bond donors (Lipinski definition) is 0. The Morgan fingerprint density at radius 1 is 1.04 bits per heavy atom. The molecule has 2 aromatic carbocycles. The zero-order chi connectivity index (χ0) is 16.7. The molecule has 4 aromatic rings. The van der Waals surface area contributed by atoms with Crippen molar-refractivity contribution in [3.8, 4) is 0 Å². The molecule has 0 fully saturated rings. The molecule has 0 aliphatic heterocycles. The van der Waals surface area contributed by atoms with Gasteiger partial charge in [-0.15, -0.1) is 22.7 Å². The molecule has 4 rings (SSSR count). The maximum absolute atomic E-state index is 12.9. The highest BCUT2D eigenvalue weighted by Gasteiger charge is 2.19. The molecule has 24 heavy (non-hydrogen) atoms. The first kappa shape index (κ1) is 15.3. The van der Waals surface area contributed by atoms with Gasteiger partial charge in [0.1, 0.15) is 5.01 Å². The summed E-state index contributed by atoms with van der Waals surface area (Å²) in [7, 11) is 1.85. The maximum Gasteiger partial charge on any atom is 0.264 e. The third-order valence-corrected chi connectivity index (χ3v) is 6.38. The minimum Gasteiger partial charge on any atom is -0.334 e. The summed E-state index contributed by atoms with van der Waals surface area (Å²) < 4.78 is 2.32. The quantitative estimate of drug-likeness (QED) is 0.514. The van der Waals surface area contributed by atoms with Crippen molar-refractivity contribution >= 4 is 48.9 Å². The highest BCUT2D eigenvalue weighted by Crippen LogP contribution is 2.31. The van der Waals surface area contributed by atoms with E-state index in [4.69, 9.17) is 0 Å². The van der Waals surface area contributed by atoms with Crippen LogP contribution >= 0.6 is 22.7 Å². The minimum absolute atomic E-state index is 0.0629. The van der Waals surface area contributed by atoms with Crippen molar-refractivity contribution in [1.29, 1.82) is 0 Å². The number of fused-ring (bicyclic) bond motifs is 2. The van der Waals surface area contributed by atoms with Crippen molar-refractivity contribution in [2.45, 2.75) is 13.5 Å². The van der Waals surface area contributed by atoms with Crippen LogP contribution in [0.1, 0.15) is 20.2 Å². The fourth-order valence-corrected chi connectivity index (χ4v) is 5.04. The molecule has 0 spiro atoms. The predicted octanol–water partition coefficient (Wildman–Crippen LogP) is 5.09. The van der Waals surface area contributed by atoms with Crippen LogP contribution in [0.25, 0.3) is 20.3 Å². The second-order valence-corrected chi connectivity index (χ2v) is 7.96. The molecule has 0 radical (unpaired) electrons. The summed E-state index contributed by atoms with van der Waals surface area (Å²) in [5.74, 6) is 0.0629. The van der Waals surface area contributed by atoms with Gasteiger partial charge < -0.3 is 4.90 Å². The SMILES string of the molecule is Cc1c(C(=O)N(C)Cc2nc3ccccc3s2)sc2ccccc12. The molecule has 3 nitrogen and oxygen atoms in total. The number of benzene rings is 2. The third-order valence-electron chi connectivity index (χ3n) is 4.10. The van der Waals surface area contributed by atoms with Crippen molar-refractivity contribution in [2.24, 2.45) is 0 Å². The number of carbonyl (C=O) groups excluding carboxylic acids is 1. The molecule has 1 amide bonds. The van der Waals surface area contributed by atoms with E-state index in [1.807, 2.05) is 44.3 Å². The number of hydrogen-bond acceptors (Lipinski definition) is 4. The number of amides is 1. The lowest BCUT2D eigenvalue weighted by atomic mass is 10.1. The first-order valence-electron chi connectivity index (χ1n) is 7.71. The Morgan fingerprint density at radius 3 is 2.50 bits per heavy atom. The van der Waals surface area contributed by atoms with E-state index in [-0.39, 0.29) is 5.91 Å². The summed E-state index contributed by atoms with van der Waals surface area (Å²) in [6.45, 7) is 2.56. The topological polar surface area (TPSA) is 33.2 Å². The second kappa shape index (κ2) is 6.00. The predicted molar refractivity (Wildman–Crippen MR) is 102 cm³/mol. The van der Waals surface area contributed by atoms with Gasteiger partial charge in [-0.3, -0.25) is 4.79 Å². The lowest BCUT2D eigenvalue weighted by Gasteiger charge is -2.15. The zero-order valence-electron chi connectivity index (χ0n) is 13.4. The number of aromatic nitrogens is 1. The van der Waals surface area contributed by atoms with Crippen LogP contribution in [-0.4, -0.2) is 22.8 Å². The van der Waals surface area contributed by atoms with E-state index < -0.39 is 0 Å². The summed E-state index contributed by atoms with van der Waals surface area (Å²) >= 11 is 3.21. The number of thiazole rings is 1. The first-order valence-corrected chi connectivity index (χ1v) is 9.35. The summed E-state index contributed by atoms with van der Waals surface area (Å²) in [6.07, 6.45) is 0. The zero-order valence-corrected chi connectivity index (χ0v) is 15.1. The molecule has 0 atom stereocenters. The number of aryl methyl sites for hydroxylation is 1. The van der Waals surface area contributed by atoms with E-state index in [1.165, 1.54) is 5.39 Å². The fraction of sp³-hybridized carbons (Fsp3) is 0.158. The molecule has 0 bridgehead atoms. The van der Waals surface area contributed by atoms with Gasteiger partial charge in [-0.2, -0.15) is 0 Å². The highest BCUT2D eigenvalue weighted by atomic mass is 32.1. The van der Waals surface area contributed by atoms with Crippen molar-refractivity contribution in [1.82, 2.24) is 9.88 Å². The van der Waals surface area contributed by atoms with Gasteiger partial charge in [0.15, 0.2) is 0 Å². The van der Waals surface area contributed by atoms with Crippen LogP contribution in [0.5, 0.6) is 0 Å². The van der Waals surface area contributed by atoms with Gasteiger partial charge in [-0.05, 0) is 36.1 Å². The highest BCUT2D eigenvalue weighted by molar-refractivity contribution is 7.21. The van der Waals surface area contributed by atoms with E-state index in [1.54, 1.807) is 27.6 Å². The first-order chi connectivity index (χ1) is 11.6. The van der Waals surface area contributed by atoms with Crippen molar-refractivity contribution in [2.75, 3.05) is 7.05 Å². The van der Waals surface area contributed by atoms with Gasteiger partial charge >= 0.3 is 0 Å². The van der Waals surface area contributed by atoms with Crippen LogP contribution < -0.4 is 0 Å². The van der Waals surface area contributed by atoms with E-state index >= 15 is 0 Å². The number of rotatable bonds is 3. The average molecular weight is 352 g/mol. The Kier molecular flexibility index (Phi) is 3.82. The summed E-state index contributed by atoms with van der Waals surface area (Å²) in [6, 6.07) is 16.2. The van der Waals surface area contributed by atoms with Gasteiger partial charge in [-0.25, -0.2) is 4.98 Å². The van der Waals surface area contributed by atoms with E-state index in [0.717, 1.165) is 30.4 Å². The number of para-hydroxylation sites is 1. The molecule has 0 N–H and O–H groups in total. The Morgan fingerprint density at radius 2 is 1.75 bits per heavy atom. The van der Waals surface area contributed by atoms with E-state index in [2.05, 4.69) is 23.2 Å². The summed E-state index contributed by atoms with van der Waals surface area (Å²) in [5.41, 5.74) is 2.06. The molecular formula is C19H16N2OS2. The number of carbonyl (C=O) groups is 1. The molecule has 120 valence electrons. The Labute approximate surface area is 148 Å². The van der Waals surface area contributed by atoms with Crippen LogP contribution in [0.4, 0.5) is 0 Å². The van der Waals surface area contributed by atoms with Gasteiger partial charge in [0.25, 0.3) is 5.91 Å². The molecule has 0 saturated heterocycles. The lowest BCUT2D eigenvalue weighted by Crippen LogP contribution is -2.25. The maximum atomic E-state index is 12.9. The van der Waals surface area contributed by atoms with Crippen LogP contribution in [0.3, 0.4) is 0 Å². The van der Waals surface area contributed by atoms with Gasteiger partial charge in [-0.1, -0.05) is 30.3 Å². The third kappa shape index (κ3) is 2.60. The molecule has 0 unspecified atom stereocenters. The fourth-order valence-electron chi connectivity index (χ4n) is 2.81. The van der Waals surface area contributed by atoms with Crippen molar-refractivity contribution in [3.63, 3.8) is 0 Å². The monoisotopic (exact) mass is 352 g/mol. The number of thiophene rings is 1. The summed E-state index contributed by atoms with van der Waals surface area (Å²) in [4.78, 5) is 20.1. The Hall–Kier alpha value is -2.24. The molecule has 2 heterocycles.